The van der Waals surface area contributed by atoms with E-state index in [9.17, 15) is 9.59 Å². The molecule has 1 fully saturated rings. The van der Waals surface area contributed by atoms with Crippen LogP contribution in [0.25, 0.3) is 0 Å². The Morgan fingerprint density at radius 2 is 1.52 bits per heavy atom. The van der Waals surface area contributed by atoms with Crippen molar-refractivity contribution >= 4 is 23.2 Å². The van der Waals surface area contributed by atoms with E-state index in [1.54, 1.807) is 0 Å². The number of piperazine rings is 1. The molecule has 0 saturated carbocycles. The van der Waals surface area contributed by atoms with Crippen molar-refractivity contribution in [3.05, 3.63) is 95.6 Å². The lowest BCUT2D eigenvalue weighted by Crippen LogP contribution is -2.48. The molecule has 6 heteroatoms. The third-order valence-electron chi connectivity index (χ3n) is 5.86. The van der Waals surface area contributed by atoms with Gasteiger partial charge in [0.05, 0.1) is 5.56 Å². The van der Waals surface area contributed by atoms with Crippen molar-refractivity contribution in [2.45, 2.75) is 13.5 Å². The number of carbonyl (C=O) groups excluding carboxylic acids is 2. The largest absolute Gasteiger partial charge is 0.380 e. The number of anilines is 2. The van der Waals surface area contributed by atoms with Crippen molar-refractivity contribution in [2.24, 2.45) is 0 Å². The minimum absolute atomic E-state index is 0.0760. The number of carbonyl (C=O) groups is 2. The molecule has 0 bridgehead atoms. The number of hydrogen-bond acceptors (Lipinski definition) is 4. The molecule has 0 aromatic heterocycles. The molecule has 33 heavy (non-hydrogen) atoms. The summed E-state index contributed by atoms with van der Waals surface area (Å²) in [5, 5.41) is 6.34. The van der Waals surface area contributed by atoms with Gasteiger partial charge in [0, 0.05) is 56.2 Å². The lowest BCUT2D eigenvalue weighted by atomic mass is 10.1. The van der Waals surface area contributed by atoms with Gasteiger partial charge in [-0.1, -0.05) is 48.5 Å². The summed E-state index contributed by atoms with van der Waals surface area (Å²) in [5.41, 5.74) is 4.37. The molecule has 0 atom stereocenters. The fourth-order valence-corrected chi connectivity index (χ4v) is 4.05. The first-order valence-electron chi connectivity index (χ1n) is 11.4. The second kappa shape index (κ2) is 10.7. The first-order chi connectivity index (χ1) is 16.2. The van der Waals surface area contributed by atoms with E-state index in [0.717, 1.165) is 35.6 Å². The third kappa shape index (κ3) is 5.52. The standard InChI is InChI=1S/C27H30N4O2/c1-2-28-26(32)24-14-13-23(19-25(24)29-20-21-9-5-3-6-10-21)30-15-17-31(18-16-30)27(33)22-11-7-4-8-12-22/h3-14,19,29H,2,15-18,20H2,1H3,(H,28,32). The van der Waals surface area contributed by atoms with Gasteiger partial charge in [0.25, 0.3) is 11.8 Å². The first kappa shape index (κ1) is 22.4. The van der Waals surface area contributed by atoms with E-state index in [1.165, 1.54) is 0 Å². The van der Waals surface area contributed by atoms with E-state index in [1.807, 2.05) is 78.6 Å². The maximum absolute atomic E-state index is 12.8. The van der Waals surface area contributed by atoms with Crippen molar-refractivity contribution in [1.29, 1.82) is 0 Å². The summed E-state index contributed by atoms with van der Waals surface area (Å²) in [4.78, 5) is 29.5. The average Bonchev–Trinajstić information content (AvgIpc) is 2.88. The quantitative estimate of drug-likeness (QED) is 0.580. The van der Waals surface area contributed by atoms with Crippen LogP contribution in [0.2, 0.25) is 0 Å². The number of hydrogen-bond donors (Lipinski definition) is 2. The molecule has 3 aromatic rings. The van der Waals surface area contributed by atoms with Crippen LogP contribution < -0.4 is 15.5 Å². The first-order valence-corrected chi connectivity index (χ1v) is 11.4. The zero-order chi connectivity index (χ0) is 23.0. The smallest absolute Gasteiger partial charge is 0.253 e. The van der Waals surface area contributed by atoms with E-state index in [2.05, 4.69) is 27.7 Å². The van der Waals surface area contributed by atoms with Crippen LogP contribution in [-0.4, -0.2) is 49.4 Å². The Kier molecular flexibility index (Phi) is 7.25. The fourth-order valence-electron chi connectivity index (χ4n) is 4.05. The van der Waals surface area contributed by atoms with Crippen LogP contribution in [0.5, 0.6) is 0 Å². The van der Waals surface area contributed by atoms with Gasteiger partial charge in [0.15, 0.2) is 0 Å². The third-order valence-corrected chi connectivity index (χ3v) is 5.86. The Labute approximate surface area is 195 Å². The van der Waals surface area contributed by atoms with Gasteiger partial charge in [-0.15, -0.1) is 0 Å². The summed E-state index contributed by atoms with van der Waals surface area (Å²) >= 11 is 0. The van der Waals surface area contributed by atoms with Gasteiger partial charge in [-0.25, -0.2) is 0 Å². The monoisotopic (exact) mass is 442 g/mol. The molecule has 1 heterocycles. The number of amides is 2. The molecule has 0 unspecified atom stereocenters. The summed E-state index contributed by atoms with van der Waals surface area (Å²) in [7, 11) is 0. The Morgan fingerprint density at radius 3 is 2.18 bits per heavy atom. The van der Waals surface area contributed by atoms with Crippen LogP contribution in [-0.2, 0) is 6.54 Å². The zero-order valence-corrected chi connectivity index (χ0v) is 19.0. The van der Waals surface area contributed by atoms with E-state index in [4.69, 9.17) is 0 Å². The van der Waals surface area contributed by atoms with Crippen LogP contribution in [0.3, 0.4) is 0 Å². The molecule has 1 saturated heterocycles. The lowest BCUT2D eigenvalue weighted by Gasteiger charge is -2.36. The SMILES string of the molecule is CCNC(=O)c1ccc(N2CCN(C(=O)c3ccccc3)CC2)cc1NCc1ccccc1. The molecule has 3 aromatic carbocycles. The van der Waals surface area contributed by atoms with Gasteiger partial charge in [-0.05, 0) is 42.8 Å². The highest BCUT2D eigenvalue weighted by atomic mass is 16.2. The highest BCUT2D eigenvalue weighted by molar-refractivity contribution is 6.00. The van der Waals surface area contributed by atoms with Crippen molar-refractivity contribution in [2.75, 3.05) is 42.9 Å². The molecule has 0 spiro atoms. The molecule has 0 aliphatic carbocycles. The number of nitrogens with one attached hydrogen (secondary N) is 2. The zero-order valence-electron chi connectivity index (χ0n) is 19.0. The average molecular weight is 443 g/mol. The normalized spacial score (nSPS) is 13.5. The van der Waals surface area contributed by atoms with Crippen molar-refractivity contribution < 1.29 is 9.59 Å². The highest BCUT2D eigenvalue weighted by Crippen LogP contribution is 2.26. The number of nitrogens with zero attached hydrogens (tertiary/aromatic N) is 2. The van der Waals surface area contributed by atoms with Crippen LogP contribution in [0, 0.1) is 0 Å². The van der Waals surface area contributed by atoms with E-state index in [0.29, 0.717) is 31.7 Å². The van der Waals surface area contributed by atoms with Crippen LogP contribution in [0.15, 0.2) is 78.9 Å². The minimum Gasteiger partial charge on any atom is -0.380 e. The minimum atomic E-state index is -0.0853. The summed E-state index contributed by atoms with van der Waals surface area (Å²) in [6.07, 6.45) is 0. The molecular weight excluding hydrogens is 412 g/mol. The van der Waals surface area contributed by atoms with Gasteiger partial charge in [0.2, 0.25) is 0 Å². The Bertz CT molecular complexity index is 1080. The van der Waals surface area contributed by atoms with E-state index in [-0.39, 0.29) is 11.8 Å². The predicted molar refractivity (Wildman–Crippen MR) is 133 cm³/mol. The maximum Gasteiger partial charge on any atom is 0.253 e. The van der Waals surface area contributed by atoms with Gasteiger partial charge in [-0.2, -0.15) is 0 Å². The van der Waals surface area contributed by atoms with Crippen molar-refractivity contribution in [3.63, 3.8) is 0 Å². The molecule has 6 nitrogen and oxygen atoms in total. The molecule has 0 radical (unpaired) electrons. The van der Waals surface area contributed by atoms with Crippen LogP contribution >= 0.6 is 0 Å². The Balaban J connectivity index is 1.47. The summed E-state index contributed by atoms with van der Waals surface area (Å²) in [6.45, 7) is 5.96. The Hall–Kier alpha value is -3.80. The fraction of sp³-hybridized carbons (Fsp3) is 0.259. The van der Waals surface area contributed by atoms with Gasteiger partial charge < -0.3 is 20.4 Å². The van der Waals surface area contributed by atoms with Crippen molar-refractivity contribution in [1.82, 2.24) is 10.2 Å². The molecule has 4 rings (SSSR count). The number of benzene rings is 3. The van der Waals surface area contributed by atoms with E-state index < -0.39 is 0 Å². The predicted octanol–water partition coefficient (Wildman–Crippen LogP) is 4.01. The topological polar surface area (TPSA) is 64.7 Å². The molecule has 2 amide bonds. The maximum atomic E-state index is 12.8. The molecule has 1 aliphatic heterocycles. The Morgan fingerprint density at radius 1 is 0.848 bits per heavy atom. The van der Waals surface area contributed by atoms with Crippen LogP contribution in [0.4, 0.5) is 11.4 Å². The van der Waals surface area contributed by atoms with Crippen LogP contribution in [0.1, 0.15) is 33.2 Å². The second-order valence-electron chi connectivity index (χ2n) is 8.07. The molecular formula is C27H30N4O2. The summed E-state index contributed by atoms with van der Waals surface area (Å²) in [5.74, 6) is -0.00931. The second-order valence-corrected chi connectivity index (χ2v) is 8.07. The van der Waals surface area contributed by atoms with Gasteiger partial charge in [0.1, 0.15) is 0 Å². The molecule has 170 valence electrons. The van der Waals surface area contributed by atoms with Gasteiger partial charge >= 0.3 is 0 Å². The summed E-state index contributed by atoms with van der Waals surface area (Å²) < 4.78 is 0. The highest BCUT2D eigenvalue weighted by Gasteiger charge is 2.23. The number of rotatable bonds is 7. The van der Waals surface area contributed by atoms with E-state index >= 15 is 0 Å². The molecule has 1 aliphatic rings. The van der Waals surface area contributed by atoms with Gasteiger partial charge in [-0.3, -0.25) is 9.59 Å². The summed E-state index contributed by atoms with van der Waals surface area (Å²) in [6, 6.07) is 25.5. The molecule has 2 N–H and O–H groups in total. The van der Waals surface area contributed by atoms with Crippen molar-refractivity contribution in [3.8, 4) is 0 Å². The lowest BCUT2D eigenvalue weighted by molar-refractivity contribution is 0.0746.